The zero-order valence-corrected chi connectivity index (χ0v) is 9.64. The molecule has 0 amide bonds. The first-order chi connectivity index (χ1) is 6.65. The third-order valence-electron chi connectivity index (χ3n) is 2.31. The maximum atomic E-state index is 11.5. The average Bonchev–Trinajstić information content (AvgIpc) is 2.65. The maximum absolute atomic E-state index is 11.5. The molecule has 78 valence electrons. The Morgan fingerprint density at radius 3 is 2.71 bits per heavy atom. The summed E-state index contributed by atoms with van der Waals surface area (Å²) in [5.41, 5.74) is 0. The van der Waals surface area contributed by atoms with Crippen molar-refractivity contribution in [3.8, 4) is 0 Å². The van der Waals surface area contributed by atoms with Crippen LogP contribution in [-0.4, -0.2) is 13.1 Å². The molecule has 14 heavy (non-hydrogen) atoms. The summed E-state index contributed by atoms with van der Waals surface area (Å²) in [4.78, 5) is 12.7. The molecule has 1 heterocycles. The van der Waals surface area contributed by atoms with Crippen molar-refractivity contribution in [3.05, 3.63) is 22.4 Å². The summed E-state index contributed by atoms with van der Waals surface area (Å²) in [5, 5.41) is 2.03. The molecule has 1 aromatic heterocycles. The highest BCUT2D eigenvalue weighted by Gasteiger charge is 2.23. The molecule has 1 rings (SSSR count). The second-order valence-electron chi connectivity index (χ2n) is 3.66. The van der Waals surface area contributed by atoms with Crippen LogP contribution in [-0.2, 0) is 16.0 Å². The van der Waals surface area contributed by atoms with Gasteiger partial charge in [0.25, 0.3) is 0 Å². The fourth-order valence-corrected chi connectivity index (χ4v) is 2.15. The molecule has 0 fully saturated rings. The maximum Gasteiger partial charge on any atom is 0.309 e. The molecule has 0 saturated heterocycles. The van der Waals surface area contributed by atoms with Crippen molar-refractivity contribution < 1.29 is 9.53 Å². The van der Waals surface area contributed by atoms with Gasteiger partial charge in [-0.25, -0.2) is 0 Å². The Morgan fingerprint density at radius 2 is 2.29 bits per heavy atom. The Morgan fingerprint density at radius 1 is 1.57 bits per heavy atom. The second kappa shape index (κ2) is 5.15. The highest BCUT2D eigenvalue weighted by Crippen LogP contribution is 2.21. The Kier molecular flexibility index (Phi) is 4.14. The van der Waals surface area contributed by atoms with E-state index in [1.54, 1.807) is 11.3 Å². The third-order valence-corrected chi connectivity index (χ3v) is 3.21. The van der Waals surface area contributed by atoms with Crippen LogP contribution in [0.5, 0.6) is 0 Å². The first kappa shape index (κ1) is 11.2. The molecule has 1 atom stereocenters. The van der Waals surface area contributed by atoms with Crippen molar-refractivity contribution in [1.82, 2.24) is 0 Å². The van der Waals surface area contributed by atoms with Gasteiger partial charge < -0.3 is 4.74 Å². The number of carbonyl (C=O) groups excluding carboxylic acids is 1. The summed E-state index contributed by atoms with van der Waals surface area (Å²) < 4.78 is 4.79. The van der Waals surface area contributed by atoms with E-state index in [-0.39, 0.29) is 11.9 Å². The zero-order valence-electron chi connectivity index (χ0n) is 8.82. The van der Waals surface area contributed by atoms with E-state index in [2.05, 4.69) is 19.9 Å². The predicted octanol–water partition coefficient (Wildman–Crippen LogP) is 2.74. The molecule has 3 heteroatoms. The molecule has 1 unspecified atom stereocenters. The monoisotopic (exact) mass is 212 g/mol. The fourth-order valence-electron chi connectivity index (χ4n) is 1.39. The molecule has 2 nitrogen and oxygen atoms in total. The van der Waals surface area contributed by atoms with E-state index in [0.29, 0.717) is 5.92 Å². The Bertz CT molecular complexity index is 277. The van der Waals surface area contributed by atoms with Gasteiger partial charge in [0.05, 0.1) is 13.0 Å². The molecule has 0 radical (unpaired) electrons. The van der Waals surface area contributed by atoms with Crippen molar-refractivity contribution in [2.75, 3.05) is 7.11 Å². The van der Waals surface area contributed by atoms with Crippen LogP contribution in [0.25, 0.3) is 0 Å². The van der Waals surface area contributed by atoms with Gasteiger partial charge in [-0.05, 0) is 23.8 Å². The summed E-state index contributed by atoms with van der Waals surface area (Å²) in [7, 11) is 1.45. The molecule has 0 N–H and O–H groups in total. The SMILES string of the molecule is COC(=O)C(Cc1cccs1)C(C)C. The number of hydrogen-bond acceptors (Lipinski definition) is 3. The number of thiophene rings is 1. The van der Waals surface area contributed by atoms with Gasteiger partial charge in [-0.2, -0.15) is 0 Å². The molecular formula is C11H16O2S. The number of rotatable bonds is 4. The lowest BCUT2D eigenvalue weighted by Crippen LogP contribution is -2.23. The van der Waals surface area contributed by atoms with Gasteiger partial charge in [-0.3, -0.25) is 4.79 Å². The lowest BCUT2D eigenvalue weighted by atomic mass is 9.92. The van der Waals surface area contributed by atoms with Gasteiger partial charge in [0, 0.05) is 4.88 Å². The van der Waals surface area contributed by atoms with Crippen LogP contribution in [0.1, 0.15) is 18.7 Å². The summed E-state index contributed by atoms with van der Waals surface area (Å²) in [6.45, 7) is 4.10. The number of carbonyl (C=O) groups is 1. The van der Waals surface area contributed by atoms with E-state index in [1.807, 2.05) is 11.4 Å². The molecule has 1 aromatic rings. The molecule has 0 saturated carbocycles. The lowest BCUT2D eigenvalue weighted by Gasteiger charge is -2.17. The topological polar surface area (TPSA) is 26.3 Å². The van der Waals surface area contributed by atoms with Crippen LogP contribution in [0.3, 0.4) is 0 Å². The van der Waals surface area contributed by atoms with Crippen molar-refractivity contribution in [3.63, 3.8) is 0 Å². The second-order valence-corrected chi connectivity index (χ2v) is 4.69. The van der Waals surface area contributed by atoms with E-state index >= 15 is 0 Å². The highest BCUT2D eigenvalue weighted by molar-refractivity contribution is 7.09. The summed E-state index contributed by atoms with van der Waals surface area (Å²) in [6, 6.07) is 4.07. The van der Waals surface area contributed by atoms with Crippen LogP contribution in [0.15, 0.2) is 17.5 Å². The normalized spacial score (nSPS) is 12.9. The van der Waals surface area contributed by atoms with E-state index < -0.39 is 0 Å². The fraction of sp³-hybridized carbons (Fsp3) is 0.545. The smallest absolute Gasteiger partial charge is 0.309 e. The molecular weight excluding hydrogens is 196 g/mol. The van der Waals surface area contributed by atoms with Gasteiger partial charge in [-0.15, -0.1) is 11.3 Å². The van der Waals surface area contributed by atoms with Crippen molar-refractivity contribution in [1.29, 1.82) is 0 Å². The lowest BCUT2D eigenvalue weighted by molar-refractivity contribution is -0.146. The predicted molar refractivity (Wildman–Crippen MR) is 58.4 cm³/mol. The quantitative estimate of drug-likeness (QED) is 0.717. The van der Waals surface area contributed by atoms with E-state index in [4.69, 9.17) is 4.74 Å². The summed E-state index contributed by atoms with van der Waals surface area (Å²) >= 11 is 1.69. The van der Waals surface area contributed by atoms with E-state index in [9.17, 15) is 4.79 Å². The number of esters is 1. The van der Waals surface area contributed by atoms with Crippen LogP contribution in [0.4, 0.5) is 0 Å². The van der Waals surface area contributed by atoms with Crippen molar-refractivity contribution >= 4 is 17.3 Å². The molecule has 0 aliphatic carbocycles. The molecule has 0 bridgehead atoms. The van der Waals surface area contributed by atoms with Crippen LogP contribution >= 0.6 is 11.3 Å². The van der Waals surface area contributed by atoms with E-state index in [0.717, 1.165) is 6.42 Å². The molecule has 0 aromatic carbocycles. The number of hydrogen-bond donors (Lipinski definition) is 0. The molecule has 0 aliphatic rings. The van der Waals surface area contributed by atoms with Gasteiger partial charge >= 0.3 is 5.97 Å². The first-order valence-electron chi connectivity index (χ1n) is 4.75. The summed E-state index contributed by atoms with van der Waals surface area (Å²) in [5.74, 6) is 0.205. The number of ether oxygens (including phenoxy) is 1. The van der Waals surface area contributed by atoms with E-state index in [1.165, 1.54) is 12.0 Å². The van der Waals surface area contributed by atoms with Crippen LogP contribution in [0.2, 0.25) is 0 Å². The zero-order chi connectivity index (χ0) is 10.6. The third kappa shape index (κ3) is 2.84. The first-order valence-corrected chi connectivity index (χ1v) is 5.63. The van der Waals surface area contributed by atoms with Crippen molar-refractivity contribution in [2.24, 2.45) is 11.8 Å². The minimum Gasteiger partial charge on any atom is -0.469 e. The van der Waals surface area contributed by atoms with Crippen LogP contribution < -0.4 is 0 Å². The van der Waals surface area contributed by atoms with Gasteiger partial charge in [0.15, 0.2) is 0 Å². The minimum atomic E-state index is -0.103. The van der Waals surface area contributed by atoms with Gasteiger partial charge in [0.1, 0.15) is 0 Å². The Balaban J connectivity index is 2.65. The molecule has 0 spiro atoms. The largest absolute Gasteiger partial charge is 0.469 e. The Labute approximate surface area is 88.9 Å². The standard InChI is InChI=1S/C11H16O2S/c1-8(2)10(11(12)13-3)7-9-5-4-6-14-9/h4-6,8,10H,7H2,1-3H3. The highest BCUT2D eigenvalue weighted by atomic mass is 32.1. The van der Waals surface area contributed by atoms with Gasteiger partial charge in [-0.1, -0.05) is 19.9 Å². The number of methoxy groups -OCH3 is 1. The van der Waals surface area contributed by atoms with Crippen molar-refractivity contribution in [2.45, 2.75) is 20.3 Å². The minimum absolute atomic E-state index is 0.0151. The average molecular weight is 212 g/mol. The van der Waals surface area contributed by atoms with Gasteiger partial charge in [0.2, 0.25) is 0 Å². The molecule has 0 aliphatic heterocycles. The van der Waals surface area contributed by atoms with Crippen LogP contribution in [0, 0.1) is 11.8 Å². The Hall–Kier alpha value is -0.830. The summed E-state index contributed by atoms with van der Waals surface area (Å²) in [6.07, 6.45) is 0.794.